The smallest absolute Gasteiger partial charge is 0.325 e. The van der Waals surface area contributed by atoms with E-state index < -0.39 is 11.7 Å². The van der Waals surface area contributed by atoms with Gasteiger partial charge in [-0.2, -0.15) is 13.2 Å². The second-order valence-electron chi connectivity index (χ2n) is 4.77. The number of nitrogens with one attached hydrogen (secondary N) is 1. The molecule has 0 bridgehead atoms. The number of alkyl halides is 3. The molecule has 1 aromatic carbocycles. The molecule has 1 aliphatic rings. The van der Waals surface area contributed by atoms with Gasteiger partial charge in [0, 0.05) is 11.7 Å². The predicted octanol–water partition coefficient (Wildman–Crippen LogP) is 2.74. The van der Waals surface area contributed by atoms with Crippen molar-refractivity contribution in [3.8, 4) is 0 Å². The summed E-state index contributed by atoms with van der Waals surface area (Å²) in [5, 5.41) is 2.59. The lowest BCUT2D eigenvalue weighted by Gasteiger charge is -2.15. The number of anilines is 1. The number of hydrogen-bond donors (Lipinski definition) is 1. The average Bonchev–Trinajstić information content (AvgIpc) is 3.11. The first-order chi connectivity index (χ1) is 8.86. The van der Waals surface area contributed by atoms with E-state index in [1.807, 2.05) is 11.9 Å². The highest BCUT2D eigenvalue weighted by molar-refractivity contribution is 5.92. The summed E-state index contributed by atoms with van der Waals surface area (Å²) in [5.41, 5.74) is -0.345. The van der Waals surface area contributed by atoms with E-state index in [9.17, 15) is 18.0 Å². The number of amides is 1. The zero-order valence-electron chi connectivity index (χ0n) is 10.5. The maximum atomic E-state index is 12.4. The van der Waals surface area contributed by atoms with Crippen LogP contribution < -0.4 is 5.32 Å². The second kappa shape index (κ2) is 5.21. The molecule has 0 unspecified atom stereocenters. The molecule has 1 aliphatic carbocycles. The van der Waals surface area contributed by atoms with Crippen LogP contribution >= 0.6 is 0 Å². The van der Waals surface area contributed by atoms with Crippen molar-refractivity contribution in [2.45, 2.75) is 25.1 Å². The molecule has 2 rings (SSSR count). The molecule has 0 aliphatic heterocycles. The van der Waals surface area contributed by atoms with Crippen molar-refractivity contribution < 1.29 is 18.0 Å². The van der Waals surface area contributed by atoms with Crippen molar-refractivity contribution in [2.75, 3.05) is 18.9 Å². The summed E-state index contributed by atoms with van der Waals surface area (Å²) in [6, 6.07) is 4.91. The molecule has 0 radical (unpaired) electrons. The first-order valence-corrected chi connectivity index (χ1v) is 6.03. The summed E-state index contributed by atoms with van der Waals surface area (Å²) in [5.74, 6) is -0.214. The molecule has 0 spiro atoms. The summed E-state index contributed by atoms with van der Waals surface area (Å²) >= 11 is 0. The maximum Gasteiger partial charge on any atom is 0.416 e. The van der Waals surface area contributed by atoms with Gasteiger partial charge in [-0.1, -0.05) is 0 Å². The number of likely N-dealkylation sites (N-methyl/N-ethyl adjacent to an activating group) is 1. The third-order valence-corrected chi connectivity index (χ3v) is 3.06. The van der Waals surface area contributed by atoms with Gasteiger partial charge in [-0.15, -0.1) is 0 Å². The molecule has 3 nitrogen and oxygen atoms in total. The molecule has 6 heteroatoms. The normalized spacial score (nSPS) is 15.6. The molecule has 19 heavy (non-hydrogen) atoms. The number of carbonyl (C=O) groups is 1. The zero-order chi connectivity index (χ0) is 14.0. The molecule has 0 saturated heterocycles. The molecule has 1 fully saturated rings. The van der Waals surface area contributed by atoms with Gasteiger partial charge in [-0.05, 0) is 44.2 Å². The molecule has 0 heterocycles. The van der Waals surface area contributed by atoms with Gasteiger partial charge < -0.3 is 5.32 Å². The Hall–Kier alpha value is -1.56. The van der Waals surface area contributed by atoms with Gasteiger partial charge in [0.05, 0.1) is 12.1 Å². The third kappa shape index (κ3) is 3.96. The molecular weight excluding hydrogens is 257 g/mol. The SMILES string of the molecule is CN(CC(=O)Nc1ccc(C(F)(F)F)cc1)C1CC1. The zero-order valence-corrected chi connectivity index (χ0v) is 10.5. The van der Waals surface area contributed by atoms with Crippen LogP contribution in [0.3, 0.4) is 0 Å². The van der Waals surface area contributed by atoms with E-state index in [-0.39, 0.29) is 12.5 Å². The van der Waals surface area contributed by atoms with Crippen LogP contribution in [-0.4, -0.2) is 30.4 Å². The summed E-state index contributed by atoms with van der Waals surface area (Å²) in [6.45, 7) is 0.256. The molecular formula is C13H15F3N2O. The molecule has 1 N–H and O–H groups in total. The first kappa shape index (κ1) is 13.9. The van der Waals surface area contributed by atoms with E-state index in [0.717, 1.165) is 25.0 Å². The molecule has 0 aromatic heterocycles. The van der Waals surface area contributed by atoms with Crippen molar-refractivity contribution in [3.05, 3.63) is 29.8 Å². The first-order valence-electron chi connectivity index (χ1n) is 6.03. The Morgan fingerprint density at radius 2 is 1.89 bits per heavy atom. The van der Waals surface area contributed by atoms with Crippen molar-refractivity contribution in [1.82, 2.24) is 4.90 Å². The molecule has 1 saturated carbocycles. The highest BCUT2D eigenvalue weighted by Crippen LogP contribution is 2.30. The van der Waals surface area contributed by atoms with E-state index >= 15 is 0 Å². The minimum absolute atomic E-state index is 0.214. The van der Waals surface area contributed by atoms with Gasteiger partial charge in [0.25, 0.3) is 0 Å². The molecule has 1 aromatic rings. The number of rotatable bonds is 4. The van der Waals surface area contributed by atoms with E-state index in [1.165, 1.54) is 12.1 Å². The van der Waals surface area contributed by atoms with E-state index in [4.69, 9.17) is 0 Å². The second-order valence-corrected chi connectivity index (χ2v) is 4.77. The van der Waals surface area contributed by atoms with Crippen LogP contribution in [0.2, 0.25) is 0 Å². The van der Waals surface area contributed by atoms with E-state index in [1.54, 1.807) is 0 Å². The quantitative estimate of drug-likeness (QED) is 0.914. The third-order valence-electron chi connectivity index (χ3n) is 3.06. The lowest BCUT2D eigenvalue weighted by atomic mass is 10.2. The molecule has 104 valence electrons. The Morgan fingerprint density at radius 3 is 2.37 bits per heavy atom. The molecule has 0 atom stereocenters. The Kier molecular flexibility index (Phi) is 3.80. The number of carbonyl (C=O) groups excluding carboxylic acids is 1. The van der Waals surface area contributed by atoms with E-state index in [0.29, 0.717) is 11.7 Å². The lowest BCUT2D eigenvalue weighted by Crippen LogP contribution is -2.31. The number of benzene rings is 1. The molecule has 1 amide bonds. The minimum Gasteiger partial charge on any atom is -0.325 e. The highest BCUT2D eigenvalue weighted by atomic mass is 19.4. The standard InChI is InChI=1S/C13H15F3N2O/c1-18(11-6-7-11)8-12(19)17-10-4-2-9(3-5-10)13(14,15)16/h2-5,11H,6-8H2,1H3,(H,17,19). The largest absolute Gasteiger partial charge is 0.416 e. The Balaban J connectivity index is 1.90. The maximum absolute atomic E-state index is 12.4. The van der Waals surface area contributed by atoms with Crippen LogP contribution in [0.15, 0.2) is 24.3 Å². The average molecular weight is 272 g/mol. The minimum atomic E-state index is -4.35. The number of halogens is 3. The van der Waals surface area contributed by atoms with Crippen LogP contribution in [0.5, 0.6) is 0 Å². The van der Waals surface area contributed by atoms with Gasteiger partial charge in [0.15, 0.2) is 0 Å². The van der Waals surface area contributed by atoms with Crippen molar-refractivity contribution in [3.63, 3.8) is 0 Å². The van der Waals surface area contributed by atoms with Crippen LogP contribution in [0.4, 0.5) is 18.9 Å². The Labute approximate surface area is 109 Å². The highest BCUT2D eigenvalue weighted by Gasteiger charge is 2.30. The number of nitrogens with zero attached hydrogens (tertiary/aromatic N) is 1. The van der Waals surface area contributed by atoms with E-state index in [2.05, 4.69) is 5.32 Å². The predicted molar refractivity (Wildman–Crippen MR) is 65.7 cm³/mol. The fourth-order valence-electron chi connectivity index (χ4n) is 1.81. The summed E-state index contributed by atoms with van der Waals surface area (Å²) in [4.78, 5) is 13.6. The fraction of sp³-hybridized carbons (Fsp3) is 0.462. The summed E-state index contributed by atoms with van der Waals surface area (Å²) < 4.78 is 37.1. The fourth-order valence-corrected chi connectivity index (χ4v) is 1.81. The van der Waals surface area contributed by atoms with Crippen LogP contribution in [-0.2, 0) is 11.0 Å². The Morgan fingerprint density at radius 1 is 1.32 bits per heavy atom. The van der Waals surface area contributed by atoms with Gasteiger partial charge >= 0.3 is 6.18 Å². The van der Waals surface area contributed by atoms with Crippen molar-refractivity contribution >= 4 is 11.6 Å². The summed E-state index contributed by atoms with van der Waals surface area (Å²) in [6.07, 6.45) is -2.15. The van der Waals surface area contributed by atoms with Gasteiger partial charge in [0.2, 0.25) is 5.91 Å². The van der Waals surface area contributed by atoms with Crippen molar-refractivity contribution in [2.24, 2.45) is 0 Å². The topological polar surface area (TPSA) is 32.3 Å². The van der Waals surface area contributed by atoms with Gasteiger partial charge in [-0.3, -0.25) is 9.69 Å². The van der Waals surface area contributed by atoms with Gasteiger partial charge in [0.1, 0.15) is 0 Å². The Bertz CT molecular complexity index is 452. The van der Waals surface area contributed by atoms with Crippen LogP contribution in [0.1, 0.15) is 18.4 Å². The van der Waals surface area contributed by atoms with Gasteiger partial charge in [-0.25, -0.2) is 0 Å². The summed E-state index contributed by atoms with van der Waals surface area (Å²) in [7, 11) is 1.87. The lowest BCUT2D eigenvalue weighted by molar-refractivity contribution is -0.137. The number of hydrogen-bond acceptors (Lipinski definition) is 2. The van der Waals surface area contributed by atoms with Crippen LogP contribution in [0, 0.1) is 0 Å². The van der Waals surface area contributed by atoms with Crippen LogP contribution in [0.25, 0.3) is 0 Å². The monoisotopic (exact) mass is 272 g/mol. The van der Waals surface area contributed by atoms with Crippen molar-refractivity contribution in [1.29, 1.82) is 0 Å².